The minimum absolute atomic E-state index is 0.101. The molecule has 8 nitrogen and oxygen atoms in total. The Morgan fingerprint density at radius 3 is 2.31 bits per heavy atom. The van der Waals surface area contributed by atoms with Crippen molar-refractivity contribution in [2.24, 2.45) is 0 Å². The lowest BCUT2D eigenvalue weighted by Crippen LogP contribution is -2.16. The molecule has 0 fully saturated rings. The van der Waals surface area contributed by atoms with Gasteiger partial charge in [0.1, 0.15) is 17.2 Å². The predicted octanol–water partition coefficient (Wildman–Crippen LogP) is 3.25. The molecule has 1 N–H and O–H groups in total. The molecular weight excluding hydrogens is 378 g/mol. The topological polar surface area (TPSA) is 104 Å². The number of esters is 2. The Morgan fingerprint density at radius 1 is 1.03 bits per heavy atom. The first kappa shape index (κ1) is 22.0. The summed E-state index contributed by atoms with van der Waals surface area (Å²) in [5.41, 5.74) is 1.51. The molecule has 0 aliphatic heterocycles. The highest BCUT2D eigenvalue weighted by molar-refractivity contribution is 6.02. The monoisotopic (exact) mass is 403 g/mol. The Balaban J connectivity index is 2.16. The third-order valence-corrected chi connectivity index (χ3v) is 4.23. The lowest BCUT2D eigenvalue weighted by Gasteiger charge is -2.10. The molecule has 0 unspecified atom stereocenters. The molecule has 0 radical (unpaired) electrons. The standard InChI is InChI=1S/C21H25NO7/c1-11(2)29-20(24)18-12(3)19(22-13(18)4)21(25)28-10-16(23)15-9-14(26-5)7-8-17(15)27-6/h7-9,11,22H,10H2,1-6H3. The molecule has 2 rings (SSSR count). The third-order valence-electron chi connectivity index (χ3n) is 4.23. The van der Waals surface area contributed by atoms with Crippen molar-refractivity contribution in [2.75, 3.05) is 20.8 Å². The van der Waals surface area contributed by atoms with Crippen LogP contribution in [-0.4, -0.2) is 49.6 Å². The molecule has 0 saturated carbocycles. The van der Waals surface area contributed by atoms with Crippen LogP contribution in [0.3, 0.4) is 0 Å². The van der Waals surface area contributed by atoms with Gasteiger partial charge in [-0.2, -0.15) is 0 Å². The van der Waals surface area contributed by atoms with Gasteiger partial charge in [-0.15, -0.1) is 0 Å². The molecule has 1 heterocycles. The molecule has 0 atom stereocenters. The maximum Gasteiger partial charge on any atom is 0.355 e. The number of Topliss-reactive ketones (excluding diaryl/α,β-unsaturated/α-hetero) is 1. The number of nitrogens with one attached hydrogen (secondary N) is 1. The number of ether oxygens (including phenoxy) is 4. The molecule has 0 aliphatic carbocycles. The molecule has 8 heteroatoms. The van der Waals surface area contributed by atoms with Crippen LogP contribution in [0.4, 0.5) is 0 Å². The number of carbonyl (C=O) groups is 3. The second kappa shape index (κ2) is 9.27. The summed E-state index contributed by atoms with van der Waals surface area (Å²) in [5.74, 6) is -0.900. The molecule has 1 aromatic heterocycles. The highest BCUT2D eigenvalue weighted by Gasteiger charge is 2.25. The summed E-state index contributed by atoms with van der Waals surface area (Å²) in [6.45, 7) is 6.26. The smallest absolute Gasteiger partial charge is 0.355 e. The van der Waals surface area contributed by atoms with E-state index in [2.05, 4.69) is 4.98 Å². The van der Waals surface area contributed by atoms with Gasteiger partial charge in [0, 0.05) is 5.69 Å². The highest BCUT2D eigenvalue weighted by atomic mass is 16.5. The quantitative estimate of drug-likeness (QED) is 0.533. The SMILES string of the molecule is COc1ccc(OC)c(C(=O)COC(=O)c2[nH]c(C)c(C(=O)OC(C)C)c2C)c1. The fourth-order valence-electron chi connectivity index (χ4n) is 2.85. The number of aromatic amines is 1. The number of aromatic nitrogens is 1. The summed E-state index contributed by atoms with van der Waals surface area (Å²) in [5, 5.41) is 0. The van der Waals surface area contributed by atoms with Crippen LogP contribution in [0.5, 0.6) is 11.5 Å². The van der Waals surface area contributed by atoms with Crippen molar-refractivity contribution in [3.05, 3.63) is 46.3 Å². The molecule has 0 spiro atoms. The zero-order valence-corrected chi connectivity index (χ0v) is 17.4. The predicted molar refractivity (Wildman–Crippen MR) is 105 cm³/mol. The minimum Gasteiger partial charge on any atom is -0.497 e. The van der Waals surface area contributed by atoms with Crippen LogP contribution >= 0.6 is 0 Å². The molecule has 156 valence electrons. The first-order chi connectivity index (χ1) is 13.7. The van der Waals surface area contributed by atoms with Gasteiger partial charge in [-0.3, -0.25) is 4.79 Å². The maximum absolute atomic E-state index is 12.5. The van der Waals surface area contributed by atoms with E-state index in [1.807, 2.05) is 0 Å². The van der Waals surface area contributed by atoms with E-state index >= 15 is 0 Å². The normalized spacial score (nSPS) is 10.6. The highest BCUT2D eigenvalue weighted by Crippen LogP contribution is 2.25. The van der Waals surface area contributed by atoms with Gasteiger partial charge in [-0.1, -0.05) is 0 Å². The number of hydrogen-bond donors (Lipinski definition) is 1. The van der Waals surface area contributed by atoms with Gasteiger partial charge >= 0.3 is 11.9 Å². The van der Waals surface area contributed by atoms with Crippen LogP contribution < -0.4 is 9.47 Å². The number of rotatable bonds is 8. The second-order valence-electron chi connectivity index (χ2n) is 6.64. The molecule has 0 amide bonds. The van der Waals surface area contributed by atoms with Gasteiger partial charge in [0.15, 0.2) is 6.61 Å². The van der Waals surface area contributed by atoms with Crippen LogP contribution in [0, 0.1) is 13.8 Å². The fourth-order valence-corrected chi connectivity index (χ4v) is 2.85. The zero-order valence-electron chi connectivity index (χ0n) is 17.4. The number of benzene rings is 1. The summed E-state index contributed by atoms with van der Waals surface area (Å²) in [6, 6.07) is 4.77. The summed E-state index contributed by atoms with van der Waals surface area (Å²) >= 11 is 0. The molecule has 0 aliphatic rings. The number of H-pyrrole nitrogens is 1. The van der Waals surface area contributed by atoms with Gasteiger partial charge in [-0.05, 0) is 51.5 Å². The average Bonchev–Trinajstić information content (AvgIpc) is 2.98. The lowest BCUT2D eigenvalue weighted by molar-refractivity contribution is 0.0376. The average molecular weight is 403 g/mol. The van der Waals surface area contributed by atoms with Crippen LogP contribution in [0.15, 0.2) is 18.2 Å². The number of ketones is 1. The molecule has 0 bridgehead atoms. The van der Waals surface area contributed by atoms with Crippen molar-refractivity contribution in [1.82, 2.24) is 4.98 Å². The Morgan fingerprint density at radius 2 is 1.72 bits per heavy atom. The van der Waals surface area contributed by atoms with E-state index in [0.717, 1.165) is 0 Å². The summed E-state index contributed by atoms with van der Waals surface area (Å²) < 4.78 is 20.7. The molecule has 29 heavy (non-hydrogen) atoms. The number of methoxy groups -OCH3 is 2. The lowest BCUT2D eigenvalue weighted by atomic mass is 10.1. The Kier molecular flexibility index (Phi) is 7.03. The fraction of sp³-hybridized carbons (Fsp3) is 0.381. The Bertz CT molecular complexity index is 927. The van der Waals surface area contributed by atoms with Crippen molar-refractivity contribution in [1.29, 1.82) is 0 Å². The van der Waals surface area contributed by atoms with Crippen molar-refractivity contribution >= 4 is 17.7 Å². The molecule has 1 aromatic carbocycles. The van der Waals surface area contributed by atoms with Gasteiger partial charge in [0.2, 0.25) is 5.78 Å². The zero-order chi connectivity index (χ0) is 21.7. The van der Waals surface area contributed by atoms with Crippen LogP contribution in [-0.2, 0) is 9.47 Å². The van der Waals surface area contributed by atoms with E-state index in [0.29, 0.717) is 22.8 Å². The van der Waals surface area contributed by atoms with Crippen molar-refractivity contribution in [3.8, 4) is 11.5 Å². The minimum atomic E-state index is -0.746. The summed E-state index contributed by atoms with van der Waals surface area (Å²) in [4.78, 5) is 40.1. The van der Waals surface area contributed by atoms with Gasteiger partial charge in [0.05, 0.1) is 31.5 Å². The van der Waals surface area contributed by atoms with Crippen molar-refractivity contribution in [3.63, 3.8) is 0 Å². The van der Waals surface area contributed by atoms with E-state index < -0.39 is 24.3 Å². The first-order valence-electron chi connectivity index (χ1n) is 9.02. The van der Waals surface area contributed by atoms with E-state index in [1.54, 1.807) is 39.8 Å². The molecule has 0 saturated heterocycles. The van der Waals surface area contributed by atoms with Crippen LogP contribution in [0.25, 0.3) is 0 Å². The third kappa shape index (κ3) is 4.96. The van der Waals surface area contributed by atoms with Crippen LogP contribution in [0.2, 0.25) is 0 Å². The van der Waals surface area contributed by atoms with Gasteiger partial charge < -0.3 is 23.9 Å². The second-order valence-corrected chi connectivity index (χ2v) is 6.64. The summed E-state index contributed by atoms with van der Waals surface area (Å²) in [6.07, 6.45) is -0.290. The van der Waals surface area contributed by atoms with Crippen LogP contribution in [0.1, 0.15) is 56.3 Å². The summed E-state index contributed by atoms with van der Waals surface area (Å²) in [7, 11) is 2.92. The molecular formula is C21H25NO7. The van der Waals surface area contributed by atoms with Crippen molar-refractivity contribution < 1.29 is 33.3 Å². The number of carbonyl (C=O) groups excluding carboxylic acids is 3. The van der Waals surface area contributed by atoms with E-state index in [-0.39, 0.29) is 22.9 Å². The molecule has 2 aromatic rings. The van der Waals surface area contributed by atoms with Gasteiger partial charge in [0.25, 0.3) is 0 Å². The maximum atomic E-state index is 12.5. The van der Waals surface area contributed by atoms with E-state index in [9.17, 15) is 14.4 Å². The van der Waals surface area contributed by atoms with Gasteiger partial charge in [-0.25, -0.2) is 9.59 Å². The Hall–Kier alpha value is -3.29. The van der Waals surface area contributed by atoms with E-state index in [4.69, 9.17) is 18.9 Å². The van der Waals surface area contributed by atoms with E-state index in [1.165, 1.54) is 20.3 Å². The Labute approximate surface area is 169 Å². The number of hydrogen-bond acceptors (Lipinski definition) is 7. The van der Waals surface area contributed by atoms with Crippen molar-refractivity contribution in [2.45, 2.75) is 33.8 Å². The number of aryl methyl sites for hydroxylation is 1. The first-order valence-corrected chi connectivity index (χ1v) is 9.02. The largest absolute Gasteiger partial charge is 0.497 e.